The van der Waals surface area contributed by atoms with E-state index in [1.54, 1.807) is 0 Å². The fourth-order valence-corrected chi connectivity index (χ4v) is 1.19. The van der Waals surface area contributed by atoms with E-state index in [-0.39, 0.29) is 6.54 Å². The quantitative estimate of drug-likeness (QED) is 0.304. The summed E-state index contributed by atoms with van der Waals surface area (Å²) < 4.78 is 4.75. The number of rotatable bonds is 2. The molecule has 1 aliphatic heterocycles. The first-order valence-corrected chi connectivity index (χ1v) is 3.62. The van der Waals surface area contributed by atoms with Crippen LogP contribution in [-0.4, -0.2) is 57.7 Å². The molecule has 0 aliphatic carbocycles. The van der Waals surface area contributed by atoms with Gasteiger partial charge in [-0.05, 0) is 0 Å². The van der Waals surface area contributed by atoms with Crippen molar-refractivity contribution in [2.75, 3.05) is 13.2 Å². The SMILES string of the molecule is NCC1OC(O)(CO)[C@@H](O)[C@H]1O. The van der Waals surface area contributed by atoms with Crippen molar-refractivity contribution in [3.63, 3.8) is 0 Å². The molecule has 1 saturated heterocycles. The van der Waals surface area contributed by atoms with E-state index in [0.717, 1.165) is 0 Å². The first-order chi connectivity index (χ1) is 5.55. The topological polar surface area (TPSA) is 116 Å². The molecule has 0 spiro atoms. The van der Waals surface area contributed by atoms with Crippen LogP contribution in [0.5, 0.6) is 0 Å². The Bertz CT molecular complexity index is 166. The summed E-state index contributed by atoms with van der Waals surface area (Å²) >= 11 is 0. The van der Waals surface area contributed by atoms with E-state index in [1.165, 1.54) is 0 Å². The first-order valence-electron chi connectivity index (χ1n) is 3.62. The number of aliphatic hydroxyl groups is 4. The lowest BCUT2D eigenvalue weighted by Crippen LogP contribution is -2.46. The monoisotopic (exact) mass is 179 g/mol. The summed E-state index contributed by atoms with van der Waals surface area (Å²) in [5.41, 5.74) is 5.17. The molecular formula is C6H13NO5. The maximum atomic E-state index is 9.30. The summed E-state index contributed by atoms with van der Waals surface area (Å²) in [4.78, 5) is 0. The van der Waals surface area contributed by atoms with Gasteiger partial charge in [-0.25, -0.2) is 0 Å². The Hall–Kier alpha value is -0.240. The van der Waals surface area contributed by atoms with Gasteiger partial charge in [-0.15, -0.1) is 0 Å². The molecule has 4 atom stereocenters. The third-order valence-electron chi connectivity index (χ3n) is 1.98. The van der Waals surface area contributed by atoms with Gasteiger partial charge in [-0.1, -0.05) is 0 Å². The Kier molecular flexibility index (Phi) is 2.67. The van der Waals surface area contributed by atoms with Gasteiger partial charge in [0.25, 0.3) is 0 Å². The maximum absolute atomic E-state index is 9.30. The van der Waals surface area contributed by atoms with Crippen molar-refractivity contribution in [2.24, 2.45) is 5.73 Å². The van der Waals surface area contributed by atoms with Crippen molar-refractivity contribution in [1.82, 2.24) is 0 Å². The molecule has 0 aromatic carbocycles. The van der Waals surface area contributed by atoms with Crippen LogP contribution in [0.2, 0.25) is 0 Å². The minimum atomic E-state index is -2.08. The number of aliphatic hydroxyl groups excluding tert-OH is 3. The molecule has 6 heteroatoms. The minimum absolute atomic E-state index is 0.0272. The third-order valence-corrected chi connectivity index (χ3v) is 1.98. The molecule has 0 radical (unpaired) electrons. The number of hydrogen-bond acceptors (Lipinski definition) is 6. The molecule has 0 aromatic rings. The molecule has 1 heterocycles. The summed E-state index contributed by atoms with van der Waals surface area (Å²) in [5, 5.41) is 36.3. The Morgan fingerprint density at radius 2 is 2.00 bits per heavy atom. The first kappa shape index (κ1) is 9.85. The molecular weight excluding hydrogens is 166 g/mol. The van der Waals surface area contributed by atoms with Crippen molar-refractivity contribution < 1.29 is 25.2 Å². The lowest BCUT2D eigenvalue weighted by atomic mass is 10.1. The van der Waals surface area contributed by atoms with Crippen LogP contribution < -0.4 is 5.73 Å². The second-order valence-electron chi connectivity index (χ2n) is 2.83. The van der Waals surface area contributed by atoms with Gasteiger partial charge in [0, 0.05) is 6.54 Å². The van der Waals surface area contributed by atoms with Crippen LogP contribution in [0, 0.1) is 0 Å². The molecule has 0 saturated carbocycles. The molecule has 72 valence electrons. The summed E-state index contributed by atoms with van der Waals surface area (Å²) in [6.07, 6.45) is -3.61. The van der Waals surface area contributed by atoms with Crippen molar-refractivity contribution in [3.05, 3.63) is 0 Å². The predicted octanol–water partition coefficient (Wildman–Crippen LogP) is -3.25. The summed E-state index contributed by atoms with van der Waals surface area (Å²) in [6, 6.07) is 0. The zero-order chi connectivity index (χ0) is 9.35. The van der Waals surface area contributed by atoms with Gasteiger partial charge >= 0.3 is 0 Å². The van der Waals surface area contributed by atoms with Crippen LogP contribution in [0.25, 0.3) is 0 Å². The van der Waals surface area contributed by atoms with Gasteiger partial charge in [-0.3, -0.25) is 0 Å². The van der Waals surface area contributed by atoms with Gasteiger partial charge in [0.1, 0.15) is 18.3 Å². The normalized spacial score (nSPS) is 48.2. The van der Waals surface area contributed by atoms with Crippen LogP contribution in [0.4, 0.5) is 0 Å². The molecule has 6 N–H and O–H groups in total. The van der Waals surface area contributed by atoms with Crippen molar-refractivity contribution in [1.29, 1.82) is 0 Å². The molecule has 0 aromatic heterocycles. The van der Waals surface area contributed by atoms with E-state index in [4.69, 9.17) is 15.6 Å². The van der Waals surface area contributed by atoms with Gasteiger partial charge in [0.2, 0.25) is 5.79 Å². The highest BCUT2D eigenvalue weighted by atomic mass is 16.7. The second-order valence-corrected chi connectivity index (χ2v) is 2.83. The molecule has 6 nitrogen and oxygen atoms in total. The number of ether oxygens (including phenoxy) is 1. The van der Waals surface area contributed by atoms with E-state index in [1.807, 2.05) is 0 Å². The lowest BCUT2D eigenvalue weighted by molar-refractivity contribution is -0.244. The van der Waals surface area contributed by atoms with E-state index in [9.17, 15) is 15.3 Å². The Labute approximate surface area is 69.2 Å². The molecule has 0 amide bonds. The van der Waals surface area contributed by atoms with Gasteiger partial charge in [0.05, 0.1) is 6.61 Å². The molecule has 12 heavy (non-hydrogen) atoms. The smallest absolute Gasteiger partial charge is 0.219 e. The van der Waals surface area contributed by atoms with Crippen LogP contribution in [0.15, 0.2) is 0 Å². The summed E-state index contributed by atoms with van der Waals surface area (Å²) in [5.74, 6) is -2.08. The van der Waals surface area contributed by atoms with Crippen LogP contribution >= 0.6 is 0 Å². The van der Waals surface area contributed by atoms with Gasteiger partial charge in [0.15, 0.2) is 0 Å². The number of hydrogen-bond donors (Lipinski definition) is 5. The highest BCUT2D eigenvalue weighted by Crippen LogP contribution is 2.27. The Balaban J connectivity index is 2.72. The van der Waals surface area contributed by atoms with Crippen molar-refractivity contribution in [2.45, 2.75) is 24.1 Å². The number of nitrogens with two attached hydrogens (primary N) is 1. The van der Waals surface area contributed by atoms with Gasteiger partial charge in [-0.2, -0.15) is 0 Å². The predicted molar refractivity (Wildman–Crippen MR) is 38.0 cm³/mol. The lowest BCUT2D eigenvalue weighted by Gasteiger charge is -2.22. The Morgan fingerprint density at radius 3 is 2.25 bits per heavy atom. The fourth-order valence-electron chi connectivity index (χ4n) is 1.19. The van der Waals surface area contributed by atoms with Crippen LogP contribution in [-0.2, 0) is 4.74 Å². The van der Waals surface area contributed by atoms with E-state index >= 15 is 0 Å². The summed E-state index contributed by atoms with van der Waals surface area (Å²) in [6.45, 7) is -0.803. The van der Waals surface area contributed by atoms with Gasteiger partial charge < -0.3 is 30.9 Å². The molecule has 2 unspecified atom stereocenters. The summed E-state index contributed by atoms with van der Waals surface area (Å²) in [7, 11) is 0. The van der Waals surface area contributed by atoms with E-state index in [2.05, 4.69) is 0 Å². The van der Waals surface area contributed by atoms with Crippen LogP contribution in [0.3, 0.4) is 0 Å². The maximum Gasteiger partial charge on any atom is 0.219 e. The highest BCUT2D eigenvalue weighted by Gasteiger charge is 2.52. The van der Waals surface area contributed by atoms with Crippen LogP contribution in [0.1, 0.15) is 0 Å². The highest BCUT2D eigenvalue weighted by molar-refractivity contribution is 4.95. The largest absolute Gasteiger partial charge is 0.391 e. The zero-order valence-electron chi connectivity index (χ0n) is 6.42. The third kappa shape index (κ3) is 1.33. The minimum Gasteiger partial charge on any atom is -0.391 e. The standard InChI is InChI=1S/C6H13NO5/c7-1-3-4(9)5(10)6(11,2-8)12-3/h3-5,8-11H,1-2,7H2/t3?,4-,5-,6?/m0/s1. The van der Waals surface area contributed by atoms with Crippen molar-refractivity contribution in [3.8, 4) is 0 Å². The average molecular weight is 179 g/mol. The van der Waals surface area contributed by atoms with E-state index < -0.39 is 30.7 Å². The molecule has 1 rings (SSSR count). The van der Waals surface area contributed by atoms with E-state index in [0.29, 0.717) is 0 Å². The van der Waals surface area contributed by atoms with Crippen molar-refractivity contribution >= 4 is 0 Å². The fraction of sp³-hybridized carbons (Fsp3) is 1.00. The average Bonchev–Trinajstić information content (AvgIpc) is 2.31. The zero-order valence-corrected chi connectivity index (χ0v) is 6.42. The Morgan fingerprint density at radius 1 is 1.42 bits per heavy atom. The molecule has 1 fully saturated rings. The second kappa shape index (κ2) is 3.25. The molecule has 1 aliphatic rings. The molecule has 0 bridgehead atoms.